The van der Waals surface area contributed by atoms with Crippen molar-refractivity contribution in [2.24, 2.45) is 0 Å². The van der Waals surface area contributed by atoms with Crippen molar-refractivity contribution in [1.29, 1.82) is 0 Å². The average molecular weight is 377 g/mol. The van der Waals surface area contributed by atoms with Crippen LogP contribution in [0.2, 0.25) is 0 Å². The summed E-state index contributed by atoms with van der Waals surface area (Å²) >= 11 is 0. The highest BCUT2D eigenvalue weighted by atomic mass is 32.2. The van der Waals surface area contributed by atoms with E-state index in [0.29, 0.717) is 12.1 Å². The maximum atomic E-state index is 12.9. The van der Waals surface area contributed by atoms with Crippen molar-refractivity contribution in [3.05, 3.63) is 84.4 Å². The third-order valence-electron chi connectivity index (χ3n) is 4.46. The van der Waals surface area contributed by atoms with Gasteiger partial charge in [0.1, 0.15) is 5.82 Å². The van der Waals surface area contributed by atoms with Gasteiger partial charge < -0.3 is 4.98 Å². The lowest BCUT2D eigenvalue weighted by Gasteiger charge is -2.17. The molecule has 0 fully saturated rings. The molecule has 6 heteroatoms. The maximum absolute atomic E-state index is 12.9. The second-order valence-corrected chi connectivity index (χ2v) is 8.42. The highest BCUT2D eigenvalue weighted by molar-refractivity contribution is 7.89. The van der Waals surface area contributed by atoms with Gasteiger partial charge in [0.05, 0.1) is 15.9 Å². The van der Waals surface area contributed by atoms with Gasteiger partial charge in [0, 0.05) is 19.2 Å². The van der Waals surface area contributed by atoms with Crippen LogP contribution in [0.25, 0.3) is 22.4 Å². The summed E-state index contributed by atoms with van der Waals surface area (Å²) in [5.74, 6) is 0.720. The summed E-state index contributed by atoms with van der Waals surface area (Å²) < 4.78 is 27.3. The molecule has 0 aliphatic heterocycles. The quantitative estimate of drug-likeness (QED) is 0.571. The molecule has 0 atom stereocenters. The summed E-state index contributed by atoms with van der Waals surface area (Å²) in [6, 6.07) is 24.3. The van der Waals surface area contributed by atoms with Crippen molar-refractivity contribution in [3.63, 3.8) is 0 Å². The van der Waals surface area contributed by atoms with E-state index in [1.165, 1.54) is 4.31 Å². The Morgan fingerprint density at radius 1 is 0.926 bits per heavy atom. The molecule has 0 radical (unpaired) electrons. The highest BCUT2D eigenvalue weighted by Crippen LogP contribution is 2.24. The highest BCUT2D eigenvalue weighted by Gasteiger charge is 2.22. The van der Waals surface area contributed by atoms with Gasteiger partial charge in [-0.3, -0.25) is 0 Å². The molecule has 1 aromatic heterocycles. The van der Waals surface area contributed by atoms with Crippen molar-refractivity contribution < 1.29 is 8.42 Å². The Kier molecular flexibility index (Phi) is 4.51. The molecule has 3 aromatic carbocycles. The standard InChI is InChI=1S/C21H19N3O2S/c1-24(15-16-8-4-2-5-9-16)27(25,26)18-12-13-19-20(14-18)23-21(22-19)17-10-6-3-7-11-17/h2-14H,15H2,1H3,(H,22,23). The Bertz CT molecular complexity index is 1170. The summed E-state index contributed by atoms with van der Waals surface area (Å²) in [5, 5.41) is 0. The van der Waals surface area contributed by atoms with Gasteiger partial charge in [-0.05, 0) is 23.8 Å². The number of imidazole rings is 1. The fourth-order valence-corrected chi connectivity index (χ4v) is 4.17. The van der Waals surface area contributed by atoms with Crippen LogP contribution in [-0.2, 0) is 16.6 Å². The summed E-state index contributed by atoms with van der Waals surface area (Å²) in [5.41, 5.74) is 3.33. The number of hydrogen-bond donors (Lipinski definition) is 1. The van der Waals surface area contributed by atoms with Gasteiger partial charge in [-0.1, -0.05) is 60.7 Å². The molecule has 0 saturated carbocycles. The van der Waals surface area contributed by atoms with Crippen LogP contribution in [-0.4, -0.2) is 29.7 Å². The Morgan fingerprint density at radius 2 is 1.59 bits per heavy atom. The Hall–Kier alpha value is -2.96. The Labute approximate surface area is 158 Å². The number of H-pyrrole nitrogens is 1. The smallest absolute Gasteiger partial charge is 0.243 e. The molecule has 0 amide bonds. The molecule has 4 aromatic rings. The number of sulfonamides is 1. The van der Waals surface area contributed by atoms with Crippen molar-refractivity contribution in [1.82, 2.24) is 14.3 Å². The van der Waals surface area contributed by atoms with Crippen molar-refractivity contribution >= 4 is 21.1 Å². The molecule has 0 saturated heterocycles. The van der Waals surface area contributed by atoms with Gasteiger partial charge in [0.15, 0.2) is 0 Å². The second-order valence-electron chi connectivity index (χ2n) is 6.38. The van der Waals surface area contributed by atoms with Gasteiger partial charge in [0.25, 0.3) is 0 Å². The van der Waals surface area contributed by atoms with Gasteiger partial charge in [0.2, 0.25) is 10.0 Å². The van der Waals surface area contributed by atoms with Crippen LogP contribution in [0.3, 0.4) is 0 Å². The molecule has 0 bridgehead atoms. The summed E-state index contributed by atoms with van der Waals surface area (Å²) in [6.45, 7) is 0.319. The fourth-order valence-electron chi connectivity index (χ4n) is 2.99. The van der Waals surface area contributed by atoms with E-state index in [1.807, 2.05) is 60.7 Å². The lowest BCUT2D eigenvalue weighted by molar-refractivity contribution is 0.467. The molecule has 0 aliphatic rings. The molecular formula is C21H19N3O2S. The Balaban J connectivity index is 1.66. The van der Waals surface area contributed by atoms with Gasteiger partial charge >= 0.3 is 0 Å². The average Bonchev–Trinajstić information content (AvgIpc) is 3.13. The zero-order valence-corrected chi connectivity index (χ0v) is 15.6. The number of fused-ring (bicyclic) bond motifs is 1. The van der Waals surface area contributed by atoms with Gasteiger partial charge in [-0.15, -0.1) is 0 Å². The summed E-state index contributed by atoms with van der Waals surface area (Å²) in [6.07, 6.45) is 0. The summed E-state index contributed by atoms with van der Waals surface area (Å²) in [4.78, 5) is 8.02. The van der Waals surface area contributed by atoms with Crippen LogP contribution >= 0.6 is 0 Å². The molecule has 1 N–H and O–H groups in total. The maximum Gasteiger partial charge on any atom is 0.243 e. The number of rotatable bonds is 5. The number of hydrogen-bond acceptors (Lipinski definition) is 3. The van der Waals surface area contributed by atoms with Crippen LogP contribution in [0.4, 0.5) is 0 Å². The van der Waals surface area contributed by atoms with Crippen LogP contribution in [0, 0.1) is 0 Å². The normalized spacial score (nSPS) is 11.9. The van der Waals surface area contributed by atoms with Crippen LogP contribution < -0.4 is 0 Å². The van der Waals surface area contributed by atoms with E-state index in [2.05, 4.69) is 9.97 Å². The number of aromatic nitrogens is 2. The van der Waals surface area contributed by atoms with E-state index in [-0.39, 0.29) is 4.90 Å². The van der Waals surface area contributed by atoms with Crippen LogP contribution in [0.5, 0.6) is 0 Å². The fraction of sp³-hybridized carbons (Fsp3) is 0.0952. The van der Waals surface area contributed by atoms with Crippen molar-refractivity contribution in [2.75, 3.05) is 7.05 Å². The molecule has 0 unspecified atom stereocenters. The zero-order chi connectivity index (χ0) is 18.9. The van der Waals surface area contributed by atoms with E-state index in [9.17, 15) is 8.42 Å². The summed E-state index contributed by atoms with van der Waals surface area (Å²) in [7, 11) is -2.01. The number of nitrogens with one attached hydrogen (secondary N) is 1. The van der Waals surface area contributed by atoms with Crippen LogP contribution in [0.15, 0.2) is 83.8 Å². The monoisotopic (exact) mass is 377 g/mol. The molecule has 0 aliphatic carbocycles. The minimum atomic E-state index is -3.60. The number of benzene rings is 3. The minimum Gasteiger partial charge on any atom is -0.338 e. The first-order valence-corrected chi connectivity index (χ1v) is 10.0. The zero-order valence-electron chi connectivity index (χ0n) is 14.8. The molecule has 136 valence electrons. The third kappa shape index (κ3) is 3.49. The first-order chi connectivity index (χ1) is 13.0. The predicted molar refractivity (Wildman–Crippen MR) is 107 cm³/mol. The number of aromatic amines is 1. The molecule has 4 rings (SSSR count). The topological polar surface area (TPSA) is 66.1 Å². The SMILES string of the molecule is CN(Cc1ccccc1)S(=O)(=O)c1ccc2nc(-c3ccccc3)[nH]c2c1. The van der Waals surface area contributed by atoms with Crippen molar-refractivity contribution in [2.45, 2.75) is 11.4 Å². The van der Waals surface area contributed by atoms with E-state index >= 15 is 0 Å². The van der Waals surface area contributed by atoms with Gasteiger partial charge in [-0.25, -0.2) is 13.4 Å². The molecule has 0 spiro atoms. The van der Waals surface area contributed by atoms with Gasteiger partial charge in [-0.2, -0.15) is 4.31 Å². The molecule has 5 nitrogen and oxygen atoms in total. The number of nitrogens with zero attached hydrogens (tertiary/aromatic N) is 2. The lowest BCUT2D eigenvalue weighted by Crippen LogP contribution is -2.26. The Morgan fingerprint density at radius 3 is 2.30 bits per heavy atom. The van der Waals surface area contributed by atoms with Crippen molar-refractivity contribution in [3.8, 4) is 11.4 Å². The van der Waals surface area contributed by atoms with E-state index in [4.69, 9.17) is 0 Å². The van der Waals surface area contributed by atoms with E-state index in [0.717, 1.165) is 22.5 Å². The second kappa shape index (κ2) is 6.98. The van der Waals surface area contributed by atoms with E-state index < -0.39 is 10.0 Å². The third-order valence-corrected chi connectivity index (χ3v) is 6.26. The molecule has 1 heterocycles. The predicted octanol–water partition coefficient (Wildman–Crippen LogP) is 4.05. The van der Waals surface area contributed by atoms with E-state index in [1.54, 1.807) is 25.2 Å². The molecular weight excluding hydrogens is 358 g/mol. The minimum absolute atomic E-state index is 0.247. The lowest BCUT2D eigenvalue weighted by atomic mass is 10.2. The first kappa shape index (κ1) is 17.5. The molecule has 27 heavy (non-hydrogen) atoms. The first-order valence-electron chi connectivity index (χ1n) is 8.59. The largest absolute Gasteiger partial charge is 0.338 e. The van der Waals surface area contributed by atoms with Crippen LogP contribution in [0.1, 0.15) is 5.56 Å².